The molecular weight excluding hydrogens is 264 g/mol. The van der Waals surface area contributed by atoms with E-state index in [1.165, 1.54) is 12.8 Å². The molecule has 0 bridgehead atoms. The van der Waals surface area contributed by atoms with Gasteiger partial charge in [-0.15, -0.1) is 0 Å². The quantitative estimate of drug-likeness (QED) is 0.875. The van der Waals surface area contributed by atoms with E-state index in [9.17, 15) is 0 Å². The molecular formula is C16H26N4O. The largest absolute Gasteiger partial charge is 0.379 e. The van der Waals surface area contributed by atoms with Crippen LogP contribution in [0.4, 0.5) is 5.82 Å². The second-order valence-corrected chi connectivity index (χ2v) is 5.86. The van der Waals surface area contributed by atoms with Crippen LogP contribution in [0.5, 0.6) is 0 Å². The van der Waals surface area contributed by atoms with Gasteiger partial charge in [0.2, 0.25) is 0 Å². The highest BCUT2D eigenvalue weighted by atomic mass is 16.5. The molecule has 0 aliphatic carbocycles. The van der Waals surface area contributed by atoms with Gasteiger partial charge >= 0.3 is 0 Å². The number of morpholine rings is 1. The van der Waals surface area contributed by atoms with Crippen LogP contribution in [0.3, 0.4) is 0 Å². The normalized spacial score (nSPS) is 21.6. The average molecular weight is 290 g/mol. The zero-order valence-corrected chi connectivity index (χ0v) is 12.7. The molecule has 0 amide bonds. The van der Waals surface area contributed by atoms with Crippen molar-refractivity contribution in [2.45, 2.75) is 18.9 Å². The molecule has 1 aromatic heterocycles. The SMILES string of the molecule is c1ccc(N2CCC(NCCN3CCOCC3)CC2)nc1. The smallest absolute Gasteiger partial charge is 0.128 e. The Morgan fingerprint density at radius 2 is 1.95 bits per heavy atom. The zero-order valence-electron chi connectivity index (χ0n) is 12.7. The first-order valence-corrected chi connectivity index (χ1v) is 8.11. The summed E-state index contributed by atoms with van der Waals surface area (Å²) in [6.07, 6.45) is 4.29. The lowest BCUT2D eigenvalue weighted by Crippen LogP contribution is -2.46. The van der Waals surface area contributed by atoms with Gasteiger partial charge in [-0.3, -0.25) is 4.90 Å². The molecule has 1 N–H and O–H groups in total. The van der Waals surface area contributed by atoms with Crippen LogP contribution in [-0.2, 0) is 4.74 Å². The predicted molar refractivity (Wildman–Crippen MR) is 84.7 cm³/mol. The summed E-state index contributed by atoms with van der Waals surface area (Å²) in [5.41, 5.74) is 0. The lowest BCUT2D eigenvalue weighted by atomic mass is 10.1. The Morgan fingerprint density at radius 1 is 1.14 bits per heavy atom. The summed E-state index contributed by atoms with van der Waals surface area (Å²) in [6.45, 7) is 8.39. The molecule has 0 saturated carbocycles. The molecule has 2 saturated heterocycles. The average Bonchev–Trinajstić information content (AvgIpc) is 2.57. The molecule has 0 unspecified atom stereocenters. The monoisotopic (exact) mass is 290 g/mol. The van der Waals surface area contributed by atoms with Gasteiger partial charge in [0.15, 0.2) is 0 Å². The van der Waals surface area contributed by atoms with Crippen LogP contribution in [0.25, 0.3) is 0 Å². The number of ether oxygens (including phenoxy) is 1. The van der Waals surface area contributed by atoms with Crippen molar-refractivity contribution in [2.24, 2.45) is 0 Å². The summed E-state index contributed by atoms with van der Waals surface area (Å²) < 4.78 is 5.38. The van der Waals surface area contributed by atoms with Crippen LogP contribution in [0.15, 0.2) is 24.4 Å². The number of hydrogen-bond donors (Lipinski definition) is 1. The van der Waals surface area contributed by atoms with E-state index in [1.54, 1.807) is 0 Å². The lowest BCUT2D eigenvalue weighted by molar-refractivity contribution is 0.0380. The summed E-state index contributed by atoms with van der Waals surface area (Å²) >= 11 is 0. The lowest BCUT2D eigenvalue weighted by Gasteiger charge is -2.34. The third kappa shape index (κ3) is 4.40. The molecule has 0 spiro atoms. The molecule has 0 atom stereocenters. The van der Waals surface area contributed by atoms with E-state index in [0.717, 1.165) is 58.3 Å². The van der Waals surface area contributed by atoms with Gasteiger partial charge in [-0.05, 0) is 25.0 Å². The van der Waals surface area contributed by atoms with Crippen molar-refractivity contribution >= 4 is 5.82 Å². The van der Waals surface area contributed by atoms with Gasteiger partial charge < -0.3 is 15.0 Å². The maximum atomic E-state index is 5.38. The Hall–Kier alpha value is -1.17. The summed E-state index contributed by atoms with van der Waals surface area (Å²) in [4.78, 5) is 9.31. The minimum absolute atomic E-state index is 0.658. The molecule has 2 fully saturated rings. The molecule has 2 aliphatic rings. The molecule has 21 heavy (non-hydrogen) atoms. The van der Waals surface area contributed by atoms with Crippen LogP contribution < -0.4 is 10.2 Å². The molecule has 0 aromatic carbocycles. The number of aromatic nitrogens is 1. The molecule has 1 aromatic rings. The van der Waals surface area contributed by atoms with E-state index in [4.69, 9.17) is 4.74 Å². The van der Waals surface area contributed by atoms with Gasteiger partial charge in [0, 0.05) is 51.5 Å². The van der Waals surface area contributed by atoms with E-state index in [-0.39, 0.29) is 0 Å². The number of nitrogens with one attached hydrogen (secondary N) is 1. The fraction of sp³-hybridized carbons (Fsp3) is 0.688. The maximum absolute atomic E-state index is 5.38. The highest BCUT2D eigenvalue weighted by Crippen LogP contribution is 2.17. The van der Waals surface area contributed by atoms with Gasteiger partial charge in [-0.25, -0.2) is 4.98 Å². The minimum atomic E-state index is 0.658. The van der Waals surface area contributed by atoms with Crippen LogP contribution in [-0.4, -0.2) is 68.4 Å². The van der Waals surface area contributed by atoms with Crippen LogP contribution in [0, 0.1) is 0 Å². The number of rotatable bonds is 5. The van der Waals surface area contributed by atoms with Crippen molar-refractivity contribution in [3.63, 3.8) is 0 Å². The molecule has 5 heteroatoms. The van der Waals surface area contributed by atoms with Crippen molar-refractivity contribution in [1.82, 2.24) is 15.2 Å². The molecule has 0 radical (unpaired) electrons. The predicted octanol–water partition coefficient (Wildman–Crippen LogP) is 0.972. The summed E-state index contributed by atoms with van der Waals surface area (Å²) in [5.74, 6) is 1.12. The fourth-order valence-electron chi connectivity index (χ4n) is 3.11. The van der Waals surface area contributed by atoms with Gasteiger partial charge in [0.05, 0.1) is 13.2 Å². The standard InChI is InChI=1S/C16H26N4O/c1-2-6-18-16(3-1)20-8-4-15(5-9-20)17-7-10-19-11-13-21-14-12-19/h1-3,6,15,17H,4-5,7-14H2. The number of pyridine rings is 1. The van der Waals surface area contributed by atoms with Gasteiger partial charge in [-0.2, -0.15) is 0 Å². The maximum Gasteiger partial charge on any atom is 0.128 e. The van der Waals surface area contributed by atoms with Crippen LogP contribution >= 0.6 is 0 Å². The minimum Gasteiger partial charge on any atom is -0.379 e. The number of hydrogen-bond acceptors (Lipinski definition) is 5. The van der Waals surface area contributed by atoms with Crippen LogP contribution in [0.2, 0.25) is 0 Å². The molecule has 3 rings (SSSR count). The molecule has 116 valence electrons. The van der Waals surface area contributed by atoms with Crippen molar-refractivity contribution in [3.05, 3.63) is 24.4 Å². The highest BCUT2D eigenvalue weighted by Gasteiger charge is 2.19. The van der Waals surface area contributed by atoms with E-state index in [0.29, 0.717) is 6.04 Å². The van der Waals surface area contributed by atoms with Crippen molar-refractivity contribution in [2.75, 3.05) is 57.4 Å². The Bertz CT molecular complexity index is 400. The first kappa shape index (κ1) is 14.8. The highest BCUT2D eigenvalue weighted by molar-refractivity contribution is 5.38. The van der Waals surface area contributed by atoms with Crippen LogP contribution in [0.1, 0.15) is 12.8 Å². The second-order valence-electron chi connectivity index (χ2n) is 5.86. The van der Waals surface area contributed by atoms with E-state index < -0.39 is 0 Å². The summed E-state index contributed by atoms with van der Waals surface area (Å²) in [6, 6.07) is 6.80. The fourth-order valence-corrected chi connectivity index (χ4v) is 3.11. The van der Waals surface area contributed by atoms with Gasteiger partial charge in [0.25, 0.3) is 0 Å². The number of anilines is 1. The third-order valence-electron chi connectivity index (χ3n) is 4.43. The molecule has 3 heterocycles. The van der Waals surface area contributed by atoms with E-state index in [1.807, 2.05) is 12.3 Å². The van der Waals surface area contributed by atoms with Gasteiger partial charge in [-0.1, -0.05) is 6.07 Å². The molecule has 5 nitrogen and oxygen atoms in total. The molecule has 2 aliphatic heterocycles. The summed E-state index contributed by atoms with van der Waals surface area (Å²) in [5, 5.41) is 3.71. The van der Waals surface area contributed by atoms with Gasteiger partial charge in [0.1, 0.15) is 5.82 Å². The van der Waals surface area contributed by atoms with E-state index >= 15 is 0 Å². The zero-order chi connectivity index (χ0) is 14.3. The van der Waals surface area contributed by atoms with Crippen molar-refractivity contribution in [1.29, 1.82) is 0 Å². The van der Waals surface area contributed by atoms with Crippen molar-refractivity contribution < 1.29 is 4.74 Å². The topological polar surface area (TPSA) is 40.6 Å². The van der Waals surface area contributed by atoms with Crippen molar-refractivity contribution in [3.8, 4) is 0 Å². The first-order valence-electron chi connectivity index (χ1n) is 8.11. The number of nitrogens with zero attached hydrogens (tertiary/aromatic N) is 3. The third-order valence-corrected chi connectivity index (χ3v) is 4.43. The second kappa shape index (κ2) is 7.73. The Labute approximate surface area is 127 Å². The number of piperidine rings is 1. The Balaban J connectivity index is 1.34. The Kier molecular flexibility index (Phi) is 5.43. The Morgan fingerprint density at radius 3 is 2.67 bits per heavy atom. The van der Waals surface area contributed by atoms with E-state index in [2.05, 4.69) is 32.2 Å². The first-order chi connectivity index (χ1) is 10.4. The summed E-state index contributed by atoms with van der Waals surface area (Å²) in [7, 11) is 0.